The van der Waals surface area contributed by atoms with Gasteiger partial charge in [-0.2, -0.15) is 0 Å². The summed E-state index contributed by atoms with van der Waals surface area (Å²) in [4.78, 5) is 2.74. The van der Waals surface area contributed by atoms with Crippen molar-refractivity contribution in [2.45, 2.75) is 71.0 Å². The van der Waals surface area contributed by atoms with Gasteiger partial charge in [0.25, 0.3) is 0 Å². The molecule has 0 bridgehead atoms. The summed E-state index contributed by atoms with van der Waals surface area (Å²) in [7, 11) is 0. The van der Waals surface area contributed by atoms with E-state index in [0.29, 0.717) is 6.04 Å². The van der Waals surface area contributed by atoms with Crippen molar-refractivity contribution in [3.63, 3.8) is 0 Å². The molecule has 0 amide bonds. The summed E-state index contributed by atoms with van der Waals surface area (Å²) in [6.45, 7) is 13.9. The molecule has 0 aliphatic carbocycles. The monoisotopic (exact) mass is 288 g/mol. The van der Waals surface area contributed by atoms with Crippen molar-refractivity contribution in [2.24, 2.45) is 0 Å². The van der Waals surface area contributed by atoms with E-state index in [1.165, 1.54) is 24.8 Å². The Labute approximate surface area is 130 Å². The number of hydrogen-bond acceptors (Lipinski definition) is 2. The molecule has 1 aliphatic heterocycles. The lowest BCUT2D eigenvalue weighted by Crippen LogP contribution is -2.69. The molecule has 2 heteroatoms. The van der Waals surface area contributed by atoms with Crippen molar-refractivity contribution in [3.8, 4) is 0 Å². The quantitative estimate of drug-likeness (QED) is 0.875. The van der Waals surface area contributed by atoms with E-state index in [1.54, 1.807) is 0 Å². The van der Waals surface area contributed by atoms with E-state index in [9.17, 15) is 0 Å². The fourth-order valence-electron chi connectivity index (χ4n) is 3.67. The third kappa shape index (κ3) is 3.02. The van der Waals surface area contributed by atoms with Crippen LogP contribution in [0.5, 0.6) is 0 Å². The number of hydrogen-bond donors (Lipinski definition) is 1. The molecule has 1 saturated heterocycles. The van der Waals surface area contributed by atoms with E-state index < -0.39 is 0 Å². The number of rotatable bonds is 5. The summed E-state index contributed by atoms with van der Waals surface area (Å²) in [6.07, 6.45) is 3.59. The molecule has 2 rings (SSSR count). The van der Waals surface area contributed by atoms with Gasteiger partial charge in [0.2, 0.25) is 0 Å². The first-order chi connectivity index (χ1) is 10.0. The molecular formula is C19H32N2. The van der Waals surface area contributed by atoms with Gasteiger partial charge in [-0.05, 0) is 38.7 Å². The summed E-state index contributed by atoms with van der Waals surface area (Å²) in [5, 5.41) is 3.89. The highest BCUT2D eigenvalue weighted by molar-refractivity contribution is 5.26. The molecule has 0 aromatic heterocycles. The molecule has 1 N–H and O–H groups in total. The van der Waals surface area contributed by atoms with Crippen molar-refractivity contribution in [2.75, 3.05) is 13.1 Å². The van der Waals surface area contributed by atoms with E-state index in [1.807, 2.05) is 0 Å². The molecule has 0 spiro atoms. The summed E-state index contributed by atoms with van der Waals surface area (Å²) in [6, 6.07) is 11.6. The van der Waals surface area contributed by atoms with E-state index >= 15 is 0 Å². The first-order valence-electron chi connectivity index (χ1n) is 8.58. The van der Waals surface area contributed by atoms with Gasteiger partial charge < -0.3 is 5.32 Å². The van der Waals surface area contributed by atoms with Crippen molar-refractivity contribution in [1.29, 1.82) is 0 Å². The topological polar surface area (TPSA) is 15.3 Å². The van der Waals surface area contributed by atoms with Crippen molar-refractivity contribution >= 4 is 0 Å². The number of nitrogens with zero attached hydrogens (tertiary/aromatic N) is 1. The maximum absolute atomic E-state index is 3.89. The molecule has 1 aromatic rings. The Morgan fingerprint density at radius 1 is 1.14 bits per heavy atom. The average Bonchev–Trinajstić information content (AvgIpc) is 2.56. The minimum absolute atomic E-state index is 0.0878. The minimum Gasteiger partial charge on any atom is -0.308 e. The third-order valence-electron chi connectivity index (χ3n) is 5.79. The van der Waals surface area contributed by atoms with Crippen LogP contribution in [0.3, 0.4) is 0 Å². The Kier molecular flexibility index (Phi) is 5.11. The van der Waals surface area contributed by atoms with Crippen molar-refractivity contribution in [1.82, 2.24) is 10.2 Å². The van der Waals surface area contributed by atoms with Gasteiger partial charge in [0.05, 0.1) is 5.54 Å². The van der Waals surface area contributed by atoms with E-state index in [0.717, 1.165) is 13.1 Å². The summed E-state index contributed by atoms with van der Waals surface area (Å²) >= 11 is 0. The minimum atomic E-state index is 0.0878. The van der Waals surface area contributed by atoms with Crippen LogP contribution in [0.15, 0.2) is 30.3 Å². The standard InChI is InChI=1S/C19H32N2/c1-6-16(4)21-15-19(7-2,8-3)20-14-18(21,5)17-12-10-9-11-13-17/h9-13,16,20H,6-8,14-15H2,1-5H3. The highest BCUT2D eigenvalue weighted by Crippen LogP contribution is 2.37. The number of benzene rings is 1. The van der Waals surface area contributed by atoms with Crippen LogP contribution in [-0.2, 0) is 5.54 Å². The first kappa shape index (κ1) is 16.5. The Balaban J connectivity index is 2.37. The molecule has 1 heterocycles. The van der Waals surface area contributed by atoms with Crippen LogP contribution in [0.25, 0.3) is 0 Å². The zero-order chi connectivity index (χ0) is 15.5. The molecular weight excluding hydrogens is 256 g/mol. The lowest BCUT2D eigenvalue weighted by molar-refractivity contribution is -0.0201. The predicted octanol–water partition coefficient (Wildman–Crippen LogP) is 4.16. The molecule has 1 fully saturated rings. The largest absolute Gasteiger partial charge is 0.308 e. The fourth-order valence-corrected chi connectivity index (χ4v) is 3.67. The lowest BCUT2D eigenvalue weighted by Gasteiger charge is -2.55. The Bertz CT molecular complexity index is 438. The van der Waals surface area contributed by atoms with E-state index in [2.05, 4.69) is 75.2 Å². The van der Waals surface area contributed by atoms with Gasteiger partial charge >= 0.3 is 0 Å². The second-order valence-electron chi connectivity index (χ2n) is 6.87. The smallest absolute Gasteiger partial charge is 0.0560 e. The SMILES string of the molecule is CCC(C)N1CC(CC)(CC)NCC1(C)c1ccccc1. The summed E-state index contributed by atoms with van der Waals surface area (Å²) in [5.74, 6) is 0. The molecule has 118 valence electrons. The second-order valence-corrected chi connectivity index (χ2v) is 6.87. The molecule has 1 aromatic carbocycles. The van der Waals surface area contributed by atoms with Gasteiger partial charge in [-0.1, -0.05) is 51.1 Å². The molecule has 2 atom stereocenters. The van der Waals surface area contributed by atoms with Crippen LogP contribution in [0, 0.1) is 0 Å². The molecule has 0 radical (unpaired) electrons. The third-order valence-corrected chi connectivity index (χ3v) is 5.79. The molecule has 2 nitrogen and oxygen atoms in total. The lowest BCUT2D eigenvalue weighted by atomic mass is 9.79. The average molecular weight is 288 g/mol. The summed E-state index contributed by atoms with van der Waals surface area (Å²) < 4.78 is 0. The normalized spacial score (nSPS) is 27.5. The van der Waals surface area contributed by atoms with Gasteiger partial charge in [-0.15, -0.1) is 0 Å². The van der Waals surface area contributed by atoms with Crippen LogP contribution >= 0.6 is 0 Å². The Morgan fingerprint density at radius 2 is 1.76 bits per heavy atom. The van der Waals surface area contributed by atoms with Crippen LogP contribution in [0.1, 0.15) is 59.4 Å². The van der Waals surface area contributed by atoms with Crippen molar-refractivity contribution in [3.05, 3.63) is 35.9 Å². The molecule has 21 heavy (non-hydrogen) atoms. The second kappa shape index (κ2) is 6.50. The van der Waals surface area contributed by atoms with Crippen LogP contribution in [0.4, 0.5) is 0 Å². The van der Waals surface area contributed by atoms with E-state index in [4.69, 9.17) is 0 Å². The predicted molar refractivity (Wildman–Crippen MR) is 91.6 cm³/mol. The van der Waals surface area contributed by atoms with Crippen LogP contribution in [0.2, 0.25) is 0 Å². The van der Waals surface area contributed by atoms with Gasteiger partial charge in [0, 0.05) is 24.7 Å². The van der Waals surface area contributed by atoms with Gasteiger partial charge in [-0.25, -0.2) is 0 Å². The van der Waals surface area contributed by atoms with E-state index in [-0.39, 0.29) is 11.1 Å². The highest BCUT2D eigenvalue weighted by Gasteiger charge is 2.45. The Hall–Kier alpha value is -0.860. The van der Waals surface area contributed by atoms with Gasteiger partial charge in [0.15, 0.2) is 0 Å². The maximum Gasteiger partial charge on any atom is 0.0560 e. The molecule has 0 saturated carbocycles. The van der Waals surface area contributed by atoms with Crippen molar-refractivity contribution < 1.29 is 0 Å². The summed E-state index contributed by atoms with van der Waals surface area (Å²) in [5.41, 5.74) is 1.79. The van der Waals surface area contributed by atoms with Crippen LogP contribution < -0.4 is 5.32 Å². The highest BCUT2D eigenvalue weighted by atomic mass is 15.3. The zero-order valence-electron chi connectivity index (χ0n) is 14.4. The maximum atomic E-state index is 3.89. The fraction of sp³-hybridized carbons (Fsp3) is 0.684. The molecule has 2 unspecified atom stereocenters. The number of nitrogens with one attached hydrogen (secondary N) is 1. The van der Waals surface area contributed by atoms with Gasteiger partial charge in [-0.3, -0.25) is 4.90 Å². The van der Waals surface area contributed by atoms with Gasteiger partial charge in [0.1, 0.15) is 0 Å². The molecule has 1 aliphatic rings. The first-order valence-corrected chi connectivity index (χ1v) is 8.58. The zero-order valence-corrected chi connectivity index (χ0v) is 14.4. The van der Waals surface area contributed by atoms with Crippen LogP contribution in [-0.4, -0.2) is 29.6 Å². The Morgan fingerprint density at radius 3 is 2.29 bits per heavy atom. The number of piperazine rings is 1.